The summed E-state index contributed by atoms with van der Waals surface area (Å²) in [6.07, 6.45) is 1.52. The van der Waals surface area contributed by atoms with E-state index in [-0.39, 0.29) is 23.4 Å². The third-order valence-electron chi connectivity index (χ3n) is 3.18. The molecular formula is C13H21NO3. The average Bonchev–Trinajstić information content (AvgIpc) is 2.15. The molecule has 0 atom stereocenters. The van der Waals surface area contributed by atoms with E-state index >= 15 is 0 Å². The molecule has 4 nitrogen and oxygen atoms in total. The zero-order valence-electron chi connectivity index (χ0n) is 11.0. The minimum absolute atomic E-state index is 0.0460. The third kappa shape index (κ3) is 3.14. The van der Waals surface area contributed by atoms with Gasteiger partial charge in [0.2, 0.25) is 5.91 Å². The third-order valence-corrected chi connectivity index (χ3v) is 3.18. The summed E-state index contributed by atoms with van der Waals surface area (Å²) in [7, 11) is 0. The van der Waals surface area contributed by atoms with Gasteiger partial charge in [0.05, 0.1) is 11.5 Å². The largest absolute Gasteiger partial charge is 0.350 e. The molecule has 1 fully saturated rings. The molecule has 0 aromatic carbocycles. The number of ketones is 2. The van der Waals surface area contributed by atoms with Crippen LogP contribution >= 0.6 is 0 Å². The zero-order chi connectivity index (χ0) is 13.2. The van der Waals surface area contributed by atoms with Crippen LogP contribution in [-0.2, 0) is 14.4 Å². The number of amides is 1. The van der Waals surface area contributed by atoms with Gasteiger partial charge in [-0.3, -0.25) is 14.4 Å². The number of nitrogens with one attached hydrogen (secondary N) is 1. The smallest absolute Gasteiger partial charge is 0.222 e. The summed E-state index contributed by atoms with van der Waals surface area (Å²) in [5.74, 6) is -1.05. The molecule has 1 aliphatic carbocycles. The van der Waals surface area contributed by atoms with Crippen molar-refractivity contribution >= 4 is 17.5 Å². The summed E-state index contributed by atoms with van der Waals surface area (Å²) in [5, 5.41) is 2.81. The molecule has 0 bridgehead atoms. The van der Waals surface area contributed by atoms with Gasteiger partial charge in [0.1, 0.15) is 11.6 Å². The van der Waals surface area contributed by atoms with E-state index < -0.39 is 11.5 Å². The molecule has 0 radical (unpaired) electrons. The Hall–Kier alpha value is -1.19. The van der Waals surface area contributed by atoms with E-state index in [0.717, 1.165) is 0 Å². The van der Waals surface area contributed by atoms with Crippen LogP contribution in [0.5, 0.6) is 0 Å². The summed E-state index contributed by atoms with van der Waals surface area (Å²) < 4.78 is 0. The Bertz CT molecular complexity index is 329. The minimum Gasteiger partial charge on any atom is -0.350 e. The van der Waals surface area contributed by atoms with Gasteiger partial charge in [-0.15, -0.1) is 0 Å². The van der Waals surface area contributed by atoms with E-state index in [2.05, 4.69) is 5.32 Å². The predicted octanol–water partition coefficient (Wildman–Crippen LogP) is 1.48. The van der Waals surface area contributed by atoms with Crippen molar-refractivity contribution in [3.63, 3.8) is 0 Å². The standard InChI is InChI=1S/C13H21NO3/c1-8(2)12(17)14-13(3,4)11-9(15)6-5-7-10(11)16/h8,11H,5-7H2,1-4H3,(H,14,17). The van der Waals surface area contributed by atoms with E-state index in [1.54, 1.807) is 27.7 Å². The average molecular weight is 239 g/mol. The maximum atomic E-state index is 11.8. The van der Waals surface area contributed by atoms with Gasteiger partial charge in [0.15, 0.2) is 0 Å². The Morgan fingerprint density at radius 3 is 2.12 bits per heavy atom. The van der Waals surface area contributed by atoms with Crippen LogP contribution in [0.15, 0.2) is 0 Å². The second-order valence-corrected chi connectivity index (χ2v) is 5.58. The Morgan fingerprint density at radius 1 is 1.24 bits per heavy atom. The molecule has 4 heteroatoms. The van der Waals surface area contributed by atoms with Gasteiger partial charge in [0, 0.05) is 18.8 Å². The van der Waals surface area contributed by atoms with Crippen LogP contribution in [-0.4, -0.2) is 23.0 Å². The number of rotatable bonds is 3. The van der Waals surface area contributed by atoms with E-state index in [0.29, 0.717) is 19.3 Å². The van der Waals surface area contributed by atoms with Crippen LogP contribution in [0, 0.1) is 11.8 Å². The van der Waals surface area contributed by atoms with Gasteiger partial charge >= 0.3 is 0 Å². The maximum absolute atomic E-state index is 11.8. The molecule has 1 rings (SSSR count). The second kappa shape index (κ2) is 4.98. The van der Waals surface area contributed by atoms with Crippen molar-refractivity contribution in [2.75, 3.05) is 0 Å². The fourth-order valence-electron chi connectivity index (χ4n) is 2.24. The SMILES string of the molecule is CC(C)C(=O)NC(C)(C)C1C(=O)CCCC1=O. The summed E-state index contributed by atoms with van der Waals surface area (Å²) in [6.45, 7) is 7.07. The number of carbonyl (C=O) groups excluding carboxylic acids is 3. The van der Waals surface area contributed by atoms with E-state index in [1.165, 1.54) is 0 Å². The maximum Gasteiger partial charge on any atom is 0.222 e. The van der Waals surface area contributed by atoms with Crippen molar-refractivity contribution in [1.29, 1.82) is 0 Å². The number of hydrogen-bond acceptors (Lipinski definition) is 3. The molecule has 0 aromatic heterocycles. The summed E-state index contributed by atoms with van der Waals surface area (Å²) in [5.41, 5.74) is -0.782. The van der Waals surface area contributed by atoms with E-state index in [4.69, 9.17) is 0 Å². The highest BCUT2D eigenvalue weighted by molar-refractivity contribution is 6.06. The Labute approximate surface area is 102 Å². The Morgan fingerprint density at radius 2 is 1.71 bits per heavy atom. The quantitative estimate of drug-likeness (QED) is 0.759. The van der Waals surface area contributed by atoms with Crippen LogP contribution in [0.4, 0.5) is 0 Å². The van der Waals surface area contributed by atoms with Crippen molar-refractivity contribution in [1.82, 2.24) is 5.32 Å². The summed E-state index contributed by atoms with van der Waals surface area (Å²) >= 11 is 0. The molecule has 0 aromatic rings. The van der Waals surface area contributed by atoms with Crippen molar-refractivity contribution in [2.24, 2.45) is 11.8 Å². The topological polar surface area (TPSA) is 63.2 Å². The van der Waals surface area contributed by atoms with Crippen LogP contribution < -0.4 is 5.32 Å². The molecule has 1 saturated carbocycles. The zero-order valence-corrected chi connectivity index (χ0v) is 11.0. The summed E-state index contributed by atoms with van der Waals surface area (Å²) in [6, 6.07) is 0. The van der Waals surface area contributed by atoms with Crippen molar-refractivity contribution in [3.8, 4) is 0 Å². The van der Waals surface area contributed by atoms with Gasteiger partial charge in [-0.25, -0.2) is 0 Å². The van der Waals surface area contributed by atoms with Gasteiger partial charge in [-0.05, 0) is 20.3 Å². The van der Waals surface area contributed by atoms with Gasteiger partial charge in [0.25, 0.3) is 0 Å². The van der Waals surface area contributed by atoms with Crippen molar-refractivity contribution in [3.05, 3.63) is 0 Å². The monoisotopic (exact) mass is 239 g/mol. The molecule has 0 saturated heterocycles. The minimum atomic E-state index is -0.782. The molecule has 0 heterocycles. The van der Waals surface area contributed by atoms with Crippen molar-refractivity contribution in [2.45, 2.75) is 52.5 Å². The first kappa shape index (κ1) is 13.9. The highest BCUT2D eigenvalue weighted by Crippen LogP contribution is 2.27. The number of hydrogen-bond donors (Lipinski definition) is 1. The van der Waals surface area contributed by atoms with E-state index in [1.807, 2.05) is 0 Å². The normalized spacial score (nSPS) is 18.6. The molecular weight excluding hydrogens is 218 g/mol. The lowest BCUT2D eigenvalue weighted by atomic mass is 9.74. The number of Topliss-reactive ketones (excluding diaryl/α,β-unsaturated/α-hetero) is 2. The molecule has 0 aliphatic heterocycles. The first-order valence-corrected chi connectivity index (χ1v) is 6.13. The Balaban J connectivity index is 2.84. The fourth-order valence-corrected chi connectivity index (χ4v) is 2.24. The van der Waals surface area contributed by atoms with Crippen LogP contribution in [0.25, 0.3) is 0 Å². The fraction of sp³-hybridized carbons (Fsp3) is 0.769. The molecule has 0 spiro atoms. The molecule has 17 heavy (non-hydrogen) atoms. The highest BCUT2D eigenvalue weighted by atomic mass is 16.2. The highest BCUT2D eigenvalue weighted by Gasteiger charge is 2.42. The first-order chi connectivity index (χ1) is 7.75. The van der Waals surface area contributed by atoms with E-state index in [9.17, 15) is 14.4 Å². The van der Waals surface area contributed by atoms with Gasteiger partial charge in [-0.1, -0.05) is 13.8 Å². The molecule has 1 amide bonds. The molecule has 1 N–H and O–H groups in total. The first-order valence-electron chi connectivity index (χ1n) is 6.13. The Kier molecular flexibility index (Phi) is 4.07. The predicted molar refractivity (Wildman–Crippen MR) is 64.4 cm³/mol. The number of carbonyl (C=O) groups is 3. The lowest BCUT2D eigenvalue weighted by molar-refractivity contribution is -0.139. The molecule has 1 aliphatic rings. The van der Waals surface area contributed by atoms with Crippen molar-refractivity contribution < 1.29 is 14.4 Å². The van der Waals surface area contributed by atoms with Crippen LogP contribution in [0.1, 0.15) is 47.0 Å². The van der Waals surface area contributed by atoms with Crippen LogP contribution in [0.3, 0.4) is 0 Å². The lowest BCUT2D eigenvalue weighted by Crippen LogP contribution is -2.56. The summed E-state index contributed by atoms with van der Waals surface area (Å²) in [4.78, 5) is 35.3. The van der Waals surface area contributed by atoms with Gasteiger partial charge in [-0.2, -0.15) is 0 Å². The lowest BCUT2D eigenvalue weighted by Gasteiger charge is -2.35. The van der Waals surface area contributed by atoms with Gasteiger partial charge < -0.3 is 5.32 Å². The second-order valence-electron chi connectivity index (χ2n) is 5.58. The van der Waals surface area contributed by atoms with Crippen LogP contribution in [0.2, 0.25) is 0 Å². The molecule has 0 unspecified atom stereocenters. The molecule has 96 valence electrons.